The van der Waals surface area contributed by atoms with Gasteiger partial charge in [0.1, 0.15) is 18.1 Å². The zero-order chi connectivity index (χ0) is 30.7. The zero-order valence-electron chi connectivity index (χ0n) is 24.1. The van der Waals surface area contributed by atoms with Crippen molar-refractivity contribution in [1.82, 2.24) is 9.66 Å². The highest BCUT2D eigenvalue weighted by Gasteiger charge is 2.18. The molecule has 5 rings (SSSR count). The molecule has 0 aliphatic heterocycles. The summed E-state index contributed by atoms with van der Waals surface area (Å²) >= 11 is 2.18. The Morgan fingerprint density at radius 2 is 1.79 bits per heavy atom. The number of hydrogen-bond acceptors (Lipinski definition) is 7. The molecule has 0 aliphatic carbocycles. The largest absolute Gasteiger partial charge is 0.496 e. The zero-order valence-corrected chi connectivity index (χ0v) is 26.2. The van der Waals surface area contributed by atoms with Crippen molar-refractivity contribution >= 4 is 45.4 Å². The molecular formula is C33H29IN4O5. The molecule has 0 amide bonds. The van der Waals surface area contributed by atoms with Crippen LogP contribution in [0.2, 0.25) is 0 Å². The number of methoxy groups -OCH3 is 1. The highest BCUT2D eigenvalue weighted by atomic mass is 127. The van der Waals surface area contributed by atoms with E-state index in [2.05, 4.69) is 41.5 Å². The molecule has 0 unspecified atom stereocenters. The van der Waals surface area contributed by atoms with E-state index in [0.29, 0.717) is 22.5 Å². The first-order chi connectivity index (χ1) is 20.7. The van der Waals surface area contributed by atoms with Gasteiger partial charge in [0.05, 0.1) is 32.7 Å². The van der Waals surface area contributed by atoms with Crippen LogP contribution in [0.15, 0.2) is 88.8 Å². The van der Waals surface area contributed by atoms with Crippen molar-refractivity contribution < 1.29 is 14.4 Å². The van der Waals surface area contributed by atoms with Crippen LogP contribution < -0.4 is 15.0 Å². The Hall–Kier alpha value is -4.58. The molecule has 0 bridgehead atoms. The Kier molecular flexibility index (Phi) is 8.86. The van der Waals surface area contributed by atoms with Crippen LogP contribution in [0.1, 0.15) is 42.0 Å². The van der Waals surface area contributed by atoms with Crippen LogP contribution in [0.3, 0.4) is 0 Å². The lowest BCUT2D eigenvalue weighted by molar-refractivity contribution is -0.384. The summed E-state index contributed by atoms with van der Waals surface area (Å²) in [6.45, 7) is 6.42. The maximum Gasteiger partial charge on any atom is 0.282 e. The molecule has 0 atom stereocenters. The van der Waals surface area contributed by atoms with Crippen LogP contribution in [-0.4, -0.2) is 27.9 Å². The number of rotatable bonds is 9. The summed E-state index contributed by atoms with van der Waals surface area (Å²) in [6.07, 6.45) is 1.63. The molecule has 5 aromatic rings. The van der Waals surface area contributed by atoms with Gasteiger partial charge in [-0.25, -0.2) is 4.98 Å². The van der Waals surface area contributed by atoms with E-state index in [1.807, 2.05) is 55.5 Å². The monoisotopic (exact) mass is 688 g/mol. The van der Waals surface area contributed by atoms with Crippen molar-refractivity contribution in [3.05, 3.63) is 125 Å². The predicted molar refractivity (Wildman–Crippen MR) is 176 cm³/mol. The molecular weight excluding hydrogens is 659 g/mol. The van der Waals surface area contributed by atoms with Gasteiger partial charge in [-0.2, -0.15) is 9.78 Å². The van der Waals surface area contributed by atoms with Crippen LogP contribution in [-0.2, 0) is 6.61 Å². The van der Waals surface area contributed by atoms with Gasteiger partial charge in [-0.15, -0.1) is 0 Å². The lowest BCUT2D eigenvalue weighted by Crippen LogP contribution is -2.20. The molecule has 0 radical (unpaired) electrons. The number of fused-ring (bicyclic) bond motifs is 1. The van der Waals surface area contributed by atoms with Crippen LogP contribution >= 0.6 is 22.6 Å². The predicted octanol–water partition coefficient (Wildman–Crippen LogP) is 7.48. The topological polar surface area (TPSA) is 109 Å². The number of nitrogens with zero attached hydrogens (tertiary/aromatic N) is 4. The van der Waals surface area contributed by atoms with Gasteiger partial charge >= 0.3 is 0 Å². The van der Waals surface area contributed by atoms with E-state index in [9.17, 15) is 14.9 Å². The molecule has 1 heterocycles. The van der Waals surface area contributed by atoms with Crippen molar-refractivity contribution in [3.8, 4) is 22.9 Å². The maximum atomic E-state index is 13.7. The summed E-state index contributed by atoms with van der Waals surface area (Å²) in [7, 11) is 1.65. The van der Waals surface area contributed by atoms with Crippen LogP contribution in [0.25, 0.3) is 22.3 Å². The van der Waals surface area contributed by atoms with Gasteiger partial charge in [-0.05, 0) is 112 Å². The molecule has 4 aromatic carbocycles. The SMILES string of the molecule is COc1cc(C)c(-c2nc3ccccc3c(=O)n2N=Cc2ccc(OCc3ccc([N+](=O)[O-])cc3)c(I)c2)cc1C(C)C. The number of halogens is 1. The Balaban J connectivity index is 1.49. The van der Waals surface area contributed by atoms with E-state index < -0.39 is 4.92 Å². The van der Waals surface area contributed by atoms with E-state index in [4.69, 9.17) is 14.5 Å². The van der Waals surface area contributed by atoms with Crippen molar-refractivity contribution in [1.29, 1.82) is 0 Å². The summed E-state index contributed by atoms with van der Waals surface area (Å²) in [5, 5.41) is 16.0. The minimum Gasteiger partial charge on any atom is -0.496 e. The molecule has 43 heavy (non-hydrogen) atoms. The number of aryl methyl sites for hydroxylation is 1. The molecule has 0 fully saturated rings. The average molecular weight is 689 g/mol. The number of nitro groups is 1. The number of non-ortho nitro benzene ring substituents is 1. The number of hydrogen-bond donors (Lipinski definition) is 0. The summed E-state index contributed by atoms with van der Waals surface area (Å²) in [5.74, 6) is 2.10. The molecule has 218 valence electrons. The number of aromatic nitrogens is 2. The second-order valence-electron chi connectivity index (χ2n) is 10.3. The first-order valence-corrected chi connectivity index (χ1v) is 14.6. The van der Waals surface area contributed by atoms with Crippen LogP contribution in [0, 0.1) is 20.6 Å². The quantitative estimate of drug-likeness (QED) is 0.0688. The van der Waals surface area contributed by atoms with Gasteiger partial charge in [0.15, 0.2) is 5.82 Å². The summed E-state index contributed by atoms with van der Waals surface area (Å²) < 4.78 is 13.8. The minimum atomic E-state index is -0.431. The Morgan fingerprint density at radius 1 is 1.05 bits per heavy atom. The third-order valence-electron chi connectivity index (χ3n) is 7.01. The Morgan fingerprint density at radius 3 is 2.47 bits per heavy atom. The van der Waals surface area contributed by atoms with E-state index in [1.54, 1.807) is 31.5 Å². The summed E-state index contributed by atoms with van der Waals surface area (Å²) in [6, 6.07) is 23.1. The van der Waals surface area contributed by atoms with Crippen molar-refractivity contribution in [2.75, 3.05) is 7.11 Å². The normalized spacial score (nSPS) is 11.4. The van der Waals surface area contributed by atoms with E-state index in [1.165, 1.54) is 16.8 Å². The molecule has 0 saturated heterocycles. The van der Waals surface area contributed by atoms with E-state index >= 15 is 0 Å². The van der Waals surface area contributed by atoms with E-state index in [0.717, 1.165) is 37.1 Å². The molecule has 0 aliphatic rings. The van der Waals surface area contributed by atoms with Crippen molar-refractivity contribution in [2.24, 2.45) is 5.10 Å². The lowest BCUT2D eigenvalue weighted by atomic mass is 9.96. The first-order valence-electron chi connectivity index (χ1n) is 13.6. The van der Waals surface area contributed by atoms with Crippen molar-refractivity contribution in [2.45, 2.75) is 33.3 Å². The average Bonchev–Trinajstić information content (AvgIpc) is 3.00. The Bertz CT molecular complexity index is 1920. The second-order valence-corrected chi connectivity index (χ2v) is 11.4. The van der Waals surface area contributed by atoms with E-state index in [-0.39, 0.29) is 23.8 Å². The molecule has 9 nitrogen and oxygen atoms in total. The third-order valence-corrected chi connectivity index (χ3v) is 7.86. The molecule has 0 saturated carbocycles. The van der Waals surface area contributed by atoms with Gasteiger partial charge in [0.25, 0.3) is 11.2 Å². The standard InChI is InChI=1S/C33H29IN4O5/c1-20(2)26-17-27(21(3)15-31(26)42-4)32-36-29-8-6-5-7-25(29)33(39)37(32)35-18-23-11-14-30(28(34)16-23)43-19-22-9-12-24(13-10-22)38(40)41/h5-18,20H,19H2,1-4H3. The van der Waals surface area contributed by atoms with Gasteiger partial charge in [-0.3, -0.25) is 14.9 Å². The fraction of sp³-hybridized carbons (Fsp3) is 0.182. The fourth-order valence-electron chi connectivity index (χ4n) is 4.69. The highest BCUT2D eigenvalue weighted by Crippen LogP contribution is 2.34. The number of para-hydroxylation sites is 1. The van der Waals surface area contributed by atoms with Crippen LogP contribution in [0.4, 0.5) is 5.69 Å². The molecule has 0 spiro atoms. The minimum absolute atomic E-state index is 0.0355. The fourth-order valence-corrected chi connectivity index (χ4v) is 5.38. The number of nitro benzene ring substituents is 1. The molecule has 1 aromatic heterocycles. The van der Waals surface area contributed by atoms with Gasteiger partial charge < -0.3 is 9.47 Å². The van der Waals surface area contributed by atoms with Gasteiger partial charge in [0, 0.05) is 17.7 Å². The summed E-state index contributed by atoms with van der Waals surface area (Å²) in [5.41, 5.74) is 4.68. The lowest BCUT2D eigenvalue weighted by Gasteiger charge is -2.17. The smallest absolute Gasteiger partial charge is 0.282 e. The second kappa shape index (κ2) is 12.7. The first kappa shape index (κ1) is 29.9. The molecule has 0 N–H and O–H groups in total. The van der Waals surface area contributed by atoms with Gasteiger partial charge in [-0.1, -0.05) is 26.0 Å². The maximum absolute atomic E-state index is 13.7. The van der Waals surface area contributed by atoms with Crippen LogP contribution in [0.5, 0.6) is 11.5 Å². The molecule has 10 heteroatoms. The number of ether oxygens (including phenoxy) is 2. The number of benzene rings is 4. The van der Waals surface area contributed by atoms with Gasteiger partial charge in [0.2, 0.25) is 0 Å². The third kappa shape index (κ3) is 6.43. The highest BCUT2D eigenvalue weighted by molar-refractivity contribution is 14.1. The summed E-state index contributed by atoms with van der Waals surface area (Å²) in [4.78, 5) is 29.1. The van der Waals surface area contributed by atoms with Crippen molar-refractivity contribution in [3.63, 3.8) is 0 Å². The Labute approximate surface area is 262 Å².